The molecule has 2 saturated heterocycles. The molecule has 2 atom stereocenters. The van der Waals surface area contributed by atoms with Crippen molar-refractivity contribution in [3.05, 3.63) is 35.9 Å². The topological polar surface area (TPSA) is 15.3 Å². The van der Waals surface area contributed by atoms with Crippen LogP contribution in [0.25, 0.3) is 0 Å². The van der Waals surface area contributed by atoms with E-state index in [2.05, 4.69) is 40.5 Å². The number of benzene rings is 1. The van der Waals surface area contributed by atoms with Gasteiger partial charge in [0.25, 0.3) is 0 Å². The molecule has 1 aromatic carbocycles. The van der Waals surface area contributed by atoms with Crippen molar-refractivity contribution in [2.24, 2.45) is 11.8 Å². The van der Waals surface area contributed by atoms with Crippen molar-refractivity contribution in [2.75, 3.05) is 26.2 Å². The molecule has 0 saturated carbocycles. The Labute approximate surface area is 122 Å². The number of piperidine rings is 2. The Hall–Kier alpha value is -0.280. The molecule has 1 aromatic rings. The lowest BCUT2D eigenvalue weighted by atomic mass is 9.86. The molecule has 0 amide bonds. The monoisotopic (exact) mass is 288 g/mol. The van der Waals surface area contributed by atoms with Crippen LogP contribution in [0.1, 0.15) is 12.0 Å². The van der Waals surface area contributed by atoms with Crippen molar-refractivity contribution in [1.82, 2.24) is 10.2 Å². The third-order valence-corrected chi connectivity index (χ3v) is 3.81. The summed E-state index contributed by atoms with van der Waals surface area (Å²) in [5.41, 5.74) is 1.45. The van der Waals surface area contributed by atoms with E-state index >= 15 is 0 Å². The van der Waals surface area contributed by atoms with Crippen LogP contribution in [0.2, 0.25) is 0 Å². The predicted molar refractivity (Wildman–Crippen MR) is 80.7 cm³/mol. The molecule has 2 fully saturated rings. The number of likely N-dealkylation sites (tertiary alicyclic amines) is 1. The first-order chi connectivity index (χ1) is 7.90. The van der Waals surface area contributed by atoms with Gasteiger partial charge >= 0.3 is 0 Å². The fraction of sp³-hybridized carbons (Fsp3) is 0.571. The highest BCUT2D eigenvalue weighted by Crippen LogP contribution is 2.25. The van der Waals surface area contributed by atoms with Gasteiger partial charge < -0.3 is 5.32 Å². The number of hydrogen-bond donors (Lipinski definition) is 1. The van der Waals surface area contributed by atoms with Crippen molar-refractivity contribution in [1.29, 1.82) is 0 Å². The Kier molecular flexibility index (Phi) is 6.44. The maximum absolute atomic E-state index is 3.54. The Morgan fingerprint density at radius 2 is 1.61 bits per heavy atom. The molecular weight excluding hydrogens is 267 g/mol. The van der Waals surface area contributed by atoms with Crippen LogP contribution < -0.4 is 5.32 Å². The molecule has 4 heteroatoms. The lowest BCUT2D eigenvalue weighted by Gasteiger charge is -2.41. The Bertz CT molecular complexity index is 333. The molecule has 2 heterocycles. The third-order valence-electron chi connectivity index (χ3n) is 3.81. The van der Waals surface area contributed by atoms with Crippen LogP contribution in [0.5, 0.6) is 0 Å². The van der Waals surface area contributed by atoms with E-state index in [-0.39, 0.29) is 24.8 Å². The normalized spacial score (nSPS) is 26.9. The van der Waals surface area contributed by atoms with E-state index in [0.29, 0.717) is 0 Å². The lowest BCUT2D eigenvalue weighted by molar-refractivity contribution is 0.0917. The molecule has 0 aromatic heterocycles. The van der Waals surface area contributed by atoms with Crippen LogP contribution in [0.15, 0.2) is 30.3 Å². The summed E-state index contributed by atoms with van der Waals surface area (Å²) in [7, 11) is 0. The van der Waals surface area contributed by atoms with Crippen molar-refractivity contribution in [2.45, 2.75) is 13.0 Å². The second kappa shape index (κ2) is 7.34. The first kappa shape index (κ1) is 15.8. The SMILES string of the molecule is Cl.Cl.c1ccc(CN2CC3CNCC(C3)C2)cc1. The smallest absolute Gasteiger partial charge is 0.0233 e. The van der Waals surface area contributed by atoms with Gasteiger partial charge in [0, 0.05) is 19.6 Å². The van der Waals surface area contributed by atoms with E-state index in [1.165, 1.54) is 38.2 Å². The molecule has 2 bridgehead atoms. The standard InChI is InChI=1S/C14H20N2.2ClH/c1-2-4-12(5-3-1)9-16-10-13-6-14(11-16)8-15-7-13;;/h1-5,13-15H,6-11H2;2*1H. The molecule has 3 rings (SSSR count). The van der Waals surface area contributed by atoms with E-state index < -0.39 is 0 Å². The Balaban J connectivity index is 0.000000810. The Morgan fingerprint density at radius 1 is 1.00 bits per heavy atom. The highest BCUT2D eigenvalue weighted by Gasteiger charge is 2.29. The summed E-state index contributed by atoms with van der Waals surface area (Å²) in [5.74, 6) is 1.77. The molecule has 1 N–H and O–H groups in total. The molecule has 2 nitrogen and oxygen atoms in total. The maximum Gasteiger partial charge on any atom is 0.0233 e. The fourth-order valence-corrected chi connectivity index (χ4v) is 3.18. The molecule has 0 aliphatic carbocycles. The van der Waals surface area contributed by atoms with Gasteiger partial charge in [-0.25, -0.2) is 0 Å². The molecular formula is C14H22Cl2N2. The third kappa shape index (κ3) is 3.86. The molecule has 0 spiro atoms. The second-order valence-electron chi connectivity index (χ2n) is 5.31. The Morgan fingerprint density at radius 3 is 2.22 bits per heavy atom. The zero-order valence-corrected chi connectivity index (χ0v) is 12.2. The van der Waals surface area contributed by atoms with Gasteiger partial charge in [0.2, 0.25) is 0 Å². The van der Waals surface area contributed by atoms with Gasteiger partial charge in [-0.2, -0.15) is 0 Å². The predicted octanol–water partition coefficient (Wildman–Crippen LogP) is 2.57. The van der Waals surface area contributed by atoms with Crippen LogP contribution in [-0.2, 0) is 6.54 Å². The summed E-state index contributed by atoms with van der Waals surface area (Å²) in [5, 5.41) is 3.54. The van der Waals surface area contributed by atoms with Crippen molar-refractivity contribution in [3.63, 3.8) is 0 Å². The molecule has 18 heavy (non-hydrogen) atoms. The van der Waals surface area contributed by atoms with E-state index in [4.69, 9.17) is 0 Å². The van der Waals surface area contributed by atoms with E-state index in [9.17, 15) is 0 Å². The van der Waals surface area contributed by atoms with Gasteiger partial charge in [-0.1, -0.05) is 30.3 Å². The first-order valence-electron chi connectivity index (χ1n) is 6.37. The van der Waals surface area contributed by atoms with Crippen LogP contribution in [-0.4, -0.2) is 31.1 Å². The van der Waals surface area contributed by atoms with E-state index in [1.54, 1.807) is 0 Å². The molecule has 0 radical (unpaired) electrons. The number of nitrogens with zero attached hydrogens (tertiary/aromatic N) is 1. The number of hydrogen-bond acceptors (Lipinski definition) is 2. The minimum atomic E-state index is 0. The van der Waals surface area contributed by atoms with Crippen LogP contribution in [0, 0.1) is 11.8 Å². The van der Waals surface area contributed by atoms with Gasteiger partial charge in [-0.15, -0.1) is 24.8 Å². The summed E-state index contributed by atoms with van der Waals surface area (Å²) < 4.78 is 0. The molecule has 2 aliphatic rings. The zero-order chi connectivity index (χ0) is 10.8. The number of halogens is 2. The summed E-state index contributed by atoms with van der Waals surface area (Å²) in [6.45, 7) is 6.13. The fourth-order valence-electron chi connectivity index (χ4n) is 3.18. The maximum atomic E-state index is 3.54. The largest absolute Gasteiger partial charge is 0.316 e. The van der Waals surface area contributed by atoms with Crippen LogP contribution in [0.4, 0.5) is 0 Å². The van der Waals surface area contributed by atoms with Gasteiger partial charge in [-0.3, -0.25) is 4.90 Å². The number of rotatable bonds is 2. The summed E-state index contributed by atoms with van der Waals surface area (Å²) >= 11 is 0. The van der Waals surface area contributed by atoms with Gasteiger partial charge in [-0.05, 0) is 36.9 Å². The second-order valence-corrected chi connectivity index (χ2v) is 5.31. The van der Waals surface area contributed by atoms with E-state index in [0.717, 1.165) is 18.4 Å². The molecule has 102 valence electrons. The summed E-state index contributed by atoms with van der Waals surface area (Å²) in [4.78, 5) is 2.63. The van der Waals surface area contributed by atoms with Crippen molar-refractivity contribution in [3.8, 4) is 0 Å². The highest BCUT2D eigenvalue weighted by molar-refractivity contribution is 5.85. The minimum Gasteiger partial charge on any atom is -0.316 e. The zero-order valence-electron chi connectivity index (χ0n) is 10.5. The number of fused-ring (bicyclic) bond motifs is 2. The summed E-state index contributed by atoms with van der Waals surface area (Å²) in [6.07, 6.45) is 1.44. The average Bonchev–Trinajstić information content (AvgIpc) is 2.30. The van der Waals surface area contributed by atoms with Crippen LogP contribution >= 0.6 is 24.8 Å². The molecule has 2 unspecified atom stereocenters. The van der Waals surface area contributed by atoms with Gasteiger partial charge in [0.15, 0.2) is 0 Å². The van der Waals surface area contributed by atoms with Crippen molar-refractivity contribution >= 4 is 24.8 Å². The average molecular weight is 289 g/mol. The minimum absolute atomic E-state index is 0. The molecule has 2 aliphatic heterocycles. The lowest BCUT2D eigenvalue weighted by Crippen LogP contribution is -2.50. The first-order valence-corrected chi connectivity index (χ1v) is 6.37. The van der Waals surface area contributed by atoms with Gasteiger partial charge in [0.05, 0.1) is 0 Å². The highest BCUT2D eigenvalue weighted by atomic mass is 35.5. The van der Waals surface area contributed by atoms with Gasteiger partial charge in [0.1, 0.15) is 0 Å². The quantitative estimate of drug-likeness (QED) is 0.900. The van der Waals surface area contributed by atoms with Crippen LogP contribution in [0.3, 0.4) is 0 Å². The van der Waals surface area contributed by atoms with E-state index in [1.807, 2.05) is 0 Å². The van der Waals surface area contributed by atoms with Crippen molar-refractivity contribution < 1.29 is 0 Å². The number of nitrogens with one attached hydrogen (secondary N) is 1. The summed E-state index contributed by atoms with van der Waals surface area (Å²) in [6, 6.07) is 10.9.